The molecule has 5 heteroatoms. The lowest BCUT2D eigenvalue weighted by molar-refractivity contribution is 0.226. The Bertz CT molecular complexity index is 517. The van der Waals surface area contributed by atoms with Gasteiger partial charge in [0.15, 0.2) is 0 Å². The molecule has 2 N–H and O–H groups in total. The summed E-state index contributed by atoms with van der Waals surface area (Å²) in [6.07, 6.45) is 2.65. The Kier molecular flexibility index (Phi) is 5.78. The second-order valence-electron chi connectivity index (χ2n) is 7.00. The summed E-state index contributed by atoms with van der Waals surface area (Å²) in [4.78, 5) is 2.41. The molecule has 1 aromatic carbocycles. The number of nitrogens with one attached hydrogen (secondary N) is 2. The van der Waals surface area contributed by atoms with Gasteiger partial charge < -0.3 is 10.2 Å². The second kappa shape index (κ2) is 7.64. The van der Waals surface area contributed by atoms with Gasteiger partial charge in [0.1, 0.15) is 0 Å². The van der Waals surface area contributed by atoms with Crippen molar-refractivity contribution in [2.24, 2.45) is 0 Å². The van der Waals surface area contributed by atoms with Crippen LogP contribution in [0.15, 0.2) is 24.3 Å². The van der Waals surface area contributed by atoms with E-state index in [1.54, 1.807) is 0 Å². The van der Waals surface area contributed by atoms with Crippen LogP contribution in [0, 0.1) is 0 Å². The molecule has 3 nitrogen and oxygen atoms in total. The number of thioether (sulfide) groups is 1. The van der Waals surface area contributed by atoms with E-state index in [2.05, 4.69) is 60.7 Å². The van der Waals surface area contributed by atoms with Gasteiger partial charge in [0, 0.05) is 11.7 Å². The zero-order valence-corrected chi connectivity index (χ0v) is 15.8. The Morgan fingerprint density at radius 2 is 1.96 bits per heavy atom. The van der Waals surface area contributed by atoms with Crippen molar-refractivity contribution in [1.82, 2.24) is 10.2 Å². The van der Waals surface area contributed by atoms with Gasteiger partial charge in [-0.15, -0.1) is 11.6 Å². The fourth-order valence-corrected chi connectivity index (χ4v) is 5.22. The number of halogens is 1. The van der Waals surface area contributed by atoms with Crippen molar-refractivity contribution in [3.8, 4) is 0 Å². The Balaban J connectivity index is 1.76. The van der Waals surface area contributed by atoms with Crippen molar-refractivity contribution in [1.29, 1.82) is 0 Å². The molecule has 2 aliphatic heterocycles. The molecular weight excluding hydrogens is 326 g/mol. The first-order valence-electron chi connectivity index (χ1n) is 8.64. The molecule has 2 heterocycles. The van der Waals surface area contributed by atoms with Crippen LogP contribution in [0.1, 0.15) is 37.6 Å². The largest absolute Gasteiger partial charge is 0.368 e. The van der Waals surface area contributed by atoms with Crippen molar-refractivity contribution >= 4 is 29.1 Å². The number of anilines is 1. The summed E-state index contributed by atoms with van der Waals surface area (Å²) >= 11 is 8.86. The fraction of sp³-hybridized carbons (Fsp3) is 0.667. The molecule has 128 valence electrons. The molecule has 3 unspecified atom stereocenters. The highest BCUT2D eigenvalue weighted by molar-refractivity contribution is 8.00. The molecule has 1 fully saturated rings. The summed E-state index contributed by atoms with van der Waals surface area (Å²) in [7, 11) is 2.21. The SMILES string of the molecule is CC(C)SC1C(NC2CCN(C)CC2)Nc2ccccc2C1Cl. The van der Waals surface area contributed by atoms with Gasteiger partial charge >= 0.3 is 0 Å². The minimum Gasteiger partial charge on any atom is -0.368 e. The molecule has 2 aliphatic rings. The Labute approximate surface area is 149 Å². The number of alkyl halides is 1. The molecule has 0 bridgehead atoms. The number of fused-ring (bicyclic) bond motifs is 1. The molecule has 0 amide bonds. The highest BCUT2D eigenvalue weighted by Gasteiger charge is 2.37. The Morgan fingerprint density at radius 3 is 2.65 bits per heavy atom. The summed E-state index contributed by atoms with van der Waals surface area (Å²) in [5, 5.41) is 8.52. The number of piperidine rings is 1. The first kappa shape index (κ1) is 17.4. The molecule has 23 heavy (non-hydrogen) atoms. The third kappa shape index (κ3) is 4.16. The van der Waals surface area contributed by atoms with E-state index in [0.29, 0.717) is 16.5 Å². The van der Waals surface area contributed by atoms with Crippen molar-refractivity contribution in [2.45, 2.75) is 54.8 Å². The van der Waals surface area contributed by atoms with Gasteiger partial charge in [0.05, 0.1) is 16.8 Å². The summed E-state index contributed by atoms with van der Waals surface area (Å²) in [6.45, 7) is 6.85. The molecule has 0 aromatic heterocycles. The first-order chi connectivity index (χ1) is 11.0. The second-order valence-corrected chi connectivity index (χ2v) is 9.23. The summed E-state index contributed by atoms with van der Waals surface area (Å²) in [6, 6.07) is 9.03. The molecule has 3 atom stereocenters. The Hall–Kier alpha value is -0.420. The maximum absolute atomic E-state index is 6.88. The van der Waals surface area contributed by atoms with Gasteiger partial charge in [-0.2, -0.15) is 11.8 Å². The summed E-state index contributed by atoms with van der Waals surface area (Å²) in [5.41, 5.74) is 2.41. The predicted molar refractivity (Wildman–Crippen MR) is 103 cm³/mol. The van der Waals surface area contributed by atoms with Crippen LogP contribution in [0.25, 0.3) is 0 Å². The monoisotopic (exact) mass is 353 g/mol. The van der Waals surface area contributed by atoms with Crippen LogP contribution in [0.5, 0.6) is 0 Å². The van der Waals surface area contributed by atoms with Crippen LogP contribution in [0.2, 0.25) is 0 Å². The van der Waals surface area contributed by atoms with E-state index in [1.165, 1.54) is 37.2 Å². The number of benzene rings is 1. The lowest BCUT2D eigenvalue weighted by Crippen LogP contribution is -2.54. The predicted octanol–water partition coefficient (Wildman–Crippen LogP) is 3.91. The quantitative estimate of drug-likeness (QED) is 0.802. The van der Waals surface area contributed by atoms with Crippen LogP contribution >= 0.6 is 23.4 Å². The Morgan fingerprint density at radius 1 is 1.26 bits per heavy atom. The molecule has 0 radical (unpaired) electrons. The first-order valence-corrected chi connectivity index (χ1v) is 10.0. The van der Waals surface area contributed by atoms with E-state index in [1.807, 2.05) is 11.8 Å². The minimum absolute atomic E-state index is 0.0450. The third-order valence-corrected chi connectivity index (χ3v) is 6.81. The topological polar surface area (TPSA) is 27.3 Å². The number of hydrogen-bond acceptors (Lipinski definition) is 4. The summed E-state index contributed by atoms with van der Waals surface area (Å²) in [5.74, 6) is 0. The average molecular weight is 354 g/mol. The van der Waals surface area contributed by atoms with Crippen LogP contribution in [-0.2, 0) is 0 Å². The van der Waals surface area contributed by atoms with E-state index >= 15 is 0 Å². The van der Waals surface area contributed by atoms with Crippen LogP contribution < -0.4 is 10.6 Å². The number of para-hydroxylation sites is 1. The number of hydrogen-bond donors (Lipinski definition) is 2. The van der Waals surface area contributed by atoms with Gasteiger partial charge in [-0.05, 0) is 49.9 Å². The lowest BCUT2D eigenvalue weighted by atomic mass is 9.98. The van der Waals surface area contributed by atoms with E-state index in [-0.39, 0.29) is 11.5 Å². The van der Waals surface area contributed by atoms with Crippen molar-refractivity contribution < 1.29 is 0 Å². The van der Waals surface area contributed by atoms with Gasteiger partial charge in [-0.3, -0.25) is 5.32 Å². The fourth-order valence-electron chi connectivity index (χ4n) is 3.49. The number of rotatable bonds is 4. The van der Waals surface area contributed by atoms with Gasteiger partial charge in [-0.25, -0.2) is 0 Å². The normalized spacial score (nSPS) is 29.3. The highest BCUT2D eigenvalue weighted by Crippen LogP contribution is 2.43. The molecule has 1 saturated heterocycles. The zero-order chi connectivity index (χ0) is 16.4. The number of nitrogens with zero attached hydrogens (tertiary/aromatic N) is 1. The smallest absolute Gasteiger partial charge is 0.0909 e. The molecule has 1 aromatic rings. The van der Waals surface area contributed by atoms with Gasteiger partial charge in [0.25, 0.3) is 0 Å². The van der Waals surface area contributed by atoms with Crippen molar-refractivity contribution in [3.63, 3.8) is 0 Å². The van der Waals surface area contributed by atoms with E-state index in [4.69, 9.17) is 11.6 Å². The van der Waals surface area contributed by atoms with Gasteiger partial charge in [0.2, 0.25) is 0 Å². The van der Waals surface area contributed by atoms with Gasteiger partial charge in [-0.1, -0.05) is 32.0 Å². The average Bonchev–Trinajstić information content (AvgIpc) is 2.53. The van der Waals surface area contributed by atoms with Crippen molar-refractivity contribution in [3.05, 3.63) is 29.8 Å². The standard InChI is InChI=1S/C18H28ClN3S/c1-12(2)23-17-16(19)14-6-4-5-7-15(14)21-18(17)20-13-8-10-22(3)11-9-13/h4-7,12-13,16-18,20-21H,8-11H2,1-3H3. The van der Waals surface area contributed by atoms with Crippen LogP contribution in [-0.4, -0.2) is 47.7 Å². The molecule has 0 saturated carbocycles. The maximum Gasteiger partial charge on any atom is 0.0909 e. The highest BCUT2D eigenvalue weighted by atomic mass is 35.5. The van der Waals surface area contributed by atoms with E-state index in [9.17, 15) is 0 Å². The van der Waals surface area contributed by atoms with E-state index in [0.717, 1.165) is 0 Å². The molecule has 0 aliphatic carbocycles. The van der Waals surface area contributed by atoms with Crippen LogP contribution in [0.3, 0.4) is 0 Å². The lowest BCUT2D eigenvalue weighted by Gasteiger charge is -2.42. The summed E-state index contributed by atoms with van der Waals surface area (Å²) < 4.78 is 0. The third-order valence-electron chi connectivity index (χ3n) is 4.75. The van der Waals surface area contributed by atoms with Crippen molar-refractivity contribution in [2.75, 3.05) is 25.5 Å². The van der Waals surface area contributed by atoms with Crippen LogP contribution in [0.4, 0.5) is 5.69 Å². The molecule has 0 spiro atoms. The molecular formula is C18H28ClN3S. The molecule has 3 rings (SSSR count). The number of likely N-dealkylation sites (tertiary alicyclic amines) is 1. The maximum atomic E-state index is 6.88. The van der Waals surface area contributed by atoms with E-state index < -0.39 is 0 Å². The zero-order valence-electron chi connectivity index (χ0n) is 14.3. The minimum atomic E-state index is 0.0450.